The number of nitrogens with zero attached hydrogens (tertiary/aromatic N) is 5. The van der Waals surface area contributed by atoms with E-state index in [1.807, 2.05) is 18.2 Å². The number of amides is 4. The van der Waals surface area contributed by atoms with Gasteiger partial charge in [-0.25, -0.2) is 9.78 Å². The Hall–Kier alpha value is -3.29. The third-order valence-corrected chi connectivity index (χ3v) is 4.89. The van der Waals surface area contributed by atoms with Gasteiger partial charge in [-0.15, -0.1) is 0 Å². The van der Waals surface area contributed by atoms with Crippen molar-refractivity contribution in [3.05, 3.63) is 48.7 Å². The average Bonchev–Trinajstić information content (AvgIpc) is 2.72. The molecule has 1 aromatic heterocycles. The zero-order valence-electron chi connectivity index (χ0n) is 14.7. The Morgan fingerprint density at radius 3 is 2.67 bits per heavy atom. The zero-order valence-corrected chi connectivity index (χ0v) is 14.7. The first-order chi connectivity index (χ1) is 13.1. The van der Waals surface area contributed by atoms with Crippen molar-refractivity contribution in [2.75, 3.05) is 37.6 Å². The molecule has 0 spiro atoms. The van der Waals surface area contributed by atoms with Crippen molar-refractivity contribution in [2.45, 2.75) is 0 Å². The van der Waals surface area contributed by atoms with E-state index in [1.54, 1.807) is 35.4 Å². The summed E-state index contributed by atoms with van der Waals surface area (Å²) < 4.78 is 0. The van der Waals surface area contributed by atoms with Gasteiger partial charge in [0.15, 0.2) is 0 Å². The van der Waals surface area contributed by atoms with E-state index in [4.69, 9.17) is 0 Å². The van der Waals surface area contributed by atoms with Crippen LogP contribution in [0.4, 0.5) is 10.6 Å². The number of fused-ring (bicyclic) bond motifs is 1. The quantitative estimate of drug-likeness (QED) is 0.794. The first-order valence-electron chi connectivity index (χ1n) is 8.86. The molecule has 1 saturated heterocycles. The summed E-state index contributed by atoms with van der Waals surface area (Å²) in [4.78, 5) is 50.4. The average molecular weight is 365 g/mol. The van der Waals surface area contributed by atoms with Gasteiger partial charge in [-0.1, -0.05) is 24.3 Å². The number of aliphatic imine (C=N–C) groups is 1. The summed E-state index contributed by atoms with van der Waals surface area (Å²) in [5.74, 6) is -0.344. The van der Waals surface area contributed by atoms with E-state index in [-0.39, 0.29) is 12.5 Å². The van der Waals surface area contributed by atoms with Crippen molar-refractivity contribution < 1.29 is 14.4 Å². The summed E-state index contributed by atoms with van der Waals surface area (Å²) in [5, 5.41) is 0. The van der Waals surface area contributed by atoms with E-state index in [2.05, 4.69) is 14.9 Å². The number of imide groups is 1. The highest BCUT2D eigenvalue weighted by molar-refractivity contribution is 6.22. The molecule has 2 aliphatic heterocycles. The lowest BCUT2D eigenvalue weighted by atomic mass is 9.95. The minimum absolute atomic E-state index is 0.244. The van der Waals surface area contributed by atoms with Crippen LogP contribution in [0, 0.1) is 5.92 Å². The minimum atomic E-state index is -0.674. The fraction of sp³-hybridized carbons (Fsp3) is 0.316. The van der Waals surface area contributed by atoms with Gasteiger partial charge in [-0.2, -0.15) is 4.99 Å². The molecule has 1 aromatic rings. The van der Waals surface area contributed by atoms with Crippen LogP contribution in [0.3, 0.4) is 0 Å². The number of carbonyl (C=O) groups excluding carboxylic acids is 3. The minimum Gasteiger partial charge on any atom is -0.353 e. The summed E-state index contributed by atoms with van der Waals surface area (Å²) in [6.45, 7) is 2.08. The second-order valence-corrected chi connectivity index (χ2v) is 6.52. The number of pyridine rings is 1. The van der Waals surface area contributed by atoms with Crippen molar-refractivity contribution in [1.29, 1.82) is 0 Å². The number of anilines is 1. The molecular formula is C19H19N5O3. The molecule has 1 atom stereocenters. The normalized spacial score (nSPS) is 22.0. The van der Waals surface area contributed by atoms with Crippen LogP contribution in [0.5, 0.6) is 0 Å². The fourth-order valence-electron chi connectivity index (χ4n) is 3.39. The van der Waals surface area contributed by atoms with Crippen LogP contribution >= 0.6 is 0 Å². The van der Waals surface area contributed by atoms with E-state index in [0.717, 1.165) is 10.7 Å². The van der Waals surface area contributed by atoms with Gasteiger partial charge in [0.2, 0.25) is 11.8 Å². The molecule has 0 bridgehead atoms. The van der Waals surface area contributed by atoms with Crippen molar-refractivity contribution in [3.63, 3.8) is 0 Å². The molecule has 138 valence electrons. The van der Waals surface area contributed by atoms with Gasteiger partial charge in [0.05, 0.1) is 11.6 Å². The van der Waals surface area contributed by atoms with Crippen molar-refractivity contribution in [2.24, 2.45) is 10.9 Å². The van der Waals surface area contributed by atoms with Crippen LogP contribution < -0.4 is 4.90 Å². The lowest BCUT2D eigenvalue weighted by Gasteiger charge is -2.36. The van der Waals surface area contributed by atoms with Crippen LogP contribution in [0.15, 0.2) is 53.7 Å². The van der Waals surface area contributed by atoms with Gasteiger partial charge in [0.1, 0.15) is 12.4 Å². The first-order valence-corrected chi connectivity index (χ1v) is 8.86. The lowest BCUT2D eigenvalue weighted by Crippen LogP contribution is -2.54. The first kappa shape index (κ1) is 17.1. The molecule has 4 amide bonds. The monoisotopic (exact) mass is 365 g/mol. The fourth-order valence-corrected chi connectivity index (χ4v) is 3.39. The molecule has 0 N–H and O–H groups in total. The van der Waals surface area contributed by atoms with Gasteiger partial charge >= 0.3 is 6.03 Å². The van der Waals surface area contributed by atoms with Gasteiger partial charge in [-0.05, 0) is 18.2 Å². The molecule has 27 heavy (non-hydrogen) atoms. The Bertz CT molecular complexity index is 853. The van der Waals surface area contributed by atoms with Crippen LogP contribution in [0.25, 0.3) is 0 Å². The number of piperazine rings is 1. The molecule has 3 heterocycles. The number of rotatable bonds is 3. The summed E-state index contributed by atoms with van der Waals surface area (Å²) >= 11 is 0. The van der Waals surface area contributed by atoms with Crippen molar-refractivity contribution in [3.8, 4) is 0 Å². The summed E-state index contributed by atoms with van der Waals surface area (Å²) in [6, 6.07) is 5.05. The third kappa shape index (κ3) is 3.38. The topological polar surface area (TPSA) is 86.2 Å². The number of hydrogen-bond acceptors (Lipinski definition) is 5. The maximum absolute atomic E-state index is 12.6. The Balaban J connectivity index is 1.38. The van der Waals surface area contributed by atoms with Crippen molar-refractivity contribution in [1.82, 2.24) is 14.8 Å². The second kappa shape index (κ2) is 7.14. The molecule has 0 radical (unpaired) electrons. The van der Waals surface area contributed by atoms with Gasteiger partial charge in [-0.3, -0.25) is 14.5 Å². The predicted octanol–water partition coefficient (Wildman–Crippen LogP) is 0.876. The molecule has 1 fully saturated rings. The zero-order chi connectivity index (χ0) is 18.8. The summed E-state index contributed by atoms with van der Waals surface area (Å²) in [5.41, 5.74) is 0.431. The molecule has 1 unspecified atom stereocenters. The molecule has 4 rings (SSSR count). The molecule has 1 aliphatic carbocycles. The van der Waals surface area contributed by atoms with Crippen LogP contribution in [0.1, 0.15) is 0 Å². The number of hydrogen-bond donors (Lipinski definition) is 0. The van der Waals surface area contributed by atoms with E-state index < -0.39 is 17.9 Å². The van der Waals surface area contributed by atoms with E-state index in [1.165, 1.54) is 0 Å². The smallest absolute Gasteiger partial charge is 0.351 e. The molecular weight excluding hydrogens is 346 g/mol. The molecule has 0 aromatic carbocycles. The lowest BCUT2D eigenvalue weighted by molar-refractivity contribution is -0.138. The van der Waals surface area contributed by atoms with Gasteiger partial charge < -0.3 is 9.80 Å². The van der Waals surface area contributed by atoms with E-state index in [0.29, 0.717) is 31.9 Å². The highest BCUT2D eigenvalue weighted by atomic mass is 16.2. The maximum atomic E-state index is 12.6. The number of allylic oxidation sites excluding steroid dienone is 3. The Morgan fingerprint density at radius 2 is 1.93 bits per heavy atom. The summed E-state index contributed by atoms with van der Waals surface area (Å²) in [6.07, 6.45) is 8.56. The third-order valence-electron chi connectivity index (χ3n) is 4.89. The Kier molecular flexibility index (Phi) is 4.53. The number of urea groups is 1. The van der Waals surface area contributed by atoms with Gasteiger partial charge in [0.25, 0.3) is 0 Å². The molecule has 8 heteroatoms. The van der Waals surface area contributed by atoms with Crippen LogP contribution in [-0.4, -0.2) is 71.1 Å². The van der Waals surface area contributed by atoms with Crippen LogP contribution in [0.2, 0.25) is 0 Å². The predicted molar refractivity (Wildman–Crippen MR) is 99.3 cm³/mol. The van der Waals surface area contributed by atoms with E-state index >= 15 is 0 Å². The Morgan fingerprint density at radius 1 is 1.11 bits per heavy atom. The highest BCUT2D eigenvalue weighted by Crippen LogP contribution is 2.20. The Labute approximate surface area is 156 Å². The van der Waals surface area contributed by atoms with Crippen LogP contribution in [-0.2, 0) is 9.59 Å². The molecule has 3 aliphatic rings. The number of carbonyl (C=O) groups is 3. The largest absolute Gasteiger partial charge is 0.353 e. The van der Waals surface area contributed by atoms with Crippen molar-refractivity contribution >= 4 is 29.4 Å². The number of aromatic nitrogens is 1. The molecule has 8 nitrogen and oxygen atoms in total. The summed E-state index contributed by atoms with van der Waals surface area (Å²) in [7, 11) is 0. The highest BCUT2D eigenvalue weighted by Gasteiger charge is 2.37. The standard InChI is InChI=1S/C19H19N5O3/c25-17(23-11-9-22(10-12-23)16-7-3-4-8-20-16)13-24-18(26)14-5-1-2-6-15(14)21-19(24)27/h1-8,14H,9-13H2. The second-order valence-electron chi connectivity index (χ2n) is 6.52. The van der Waals surface area contributed by atoms with E-state index in [9.17, 15) is 14.4 Å². The maximum Gasteiger partial charge on any atom is 0.351 e. The molecule has 0 saturated carbocycles. The SMILES string of the molecule is O=C(CN1C(=O)N=C2C=CC=CC2C1=O)N1CCN(c2ccccn2)CC1. The van der Waals surface area contributed by atoms with Gasteiger partial charge in [0, 0.05) is 32.4 Å².